The minimum atomic E-state index is -0.280. The van der Waals surface area contributed by atoms with Crippen LogP contribution < -0.4 is 5.32 Å². The SMILES string of the molecule is CC(C)(C#N)CCCN1CCN(C2CCNCC2)C1=O. The maximum Gasteiger partial charge on any atom is 0.320 e. The smallest absolute Gasteiger partial charge is 0.320 e. The normalized spacial score (nSPS) is 21.4. The van der Waals surface area contributed by atoms with E-state index in [0.717, 1.165) is 58.4 Å². The van der Waals surface area contributed by atoms with Crippen molar-refractivity contribution >= 4 is 6.03 Å². The predicted molar refractivity (Wildman–Crippen MR) is 78.2 cm³/mol. The van der Waals surface area contributed by atoms with Gasteiger partial charge in [-0.3, -0.25) is 0 Å². The van der Waals surface area contributed by atoms with Gasteiger partial charge in [0.1, 0.15) is 0 Å². The van der Waals surface area contributed by atoms with E-state index in [2.05, 4.69) is 16.3 Å². The van der Waals surface area contributed by atoms with Crippen molar-refractivity contribution in [3.05, 3.63) is 0 Å². The van der Waals surface area contributed by atoms with Gasteiger partial charge in [-0.05, 0) is 52.6 Å². The lowest BCUT2D eigenvalue weighted by atomic mass is 9.90. The van der Waals surface area contributed by atoms with Gasteiger partial charge in [0.2, 0.25) is 0 Å². The van der Waals surface area contributed by atoms with Gasteiger partial charge < -0.3 is 15.1 Å². The first-order valence-electron chi connectivity index (χ1n) is 7.71. The maximum absolute atomic E-state index is 12.4. The first-order chi connectivity index (χ1) is 9.53. The summed E-state index contributed by atoms with van der Waals surface area (Å²) >= 11 is 0. The molecule has 2 aliphatic rings. The fraction of sp³-hybridized carbons (Fsp3) is 0.867. The zero-order valence-corrected chi connectivity index (χ0v) is 12.7. The first kappa shape index (κ1) is 15.1. The fourth-order valence-electron chi connectivity index (χ4n) is 3.03. The lowest BCUT2D eigenvalue weighted by Crippen LogP contribution is -2.45. The van der Waals surface area contributed by atoms with Crippen molar-refractivity contribution in [2.24, 2.45) is 5.41 Å². The zero-order valence-electron chi connectivity index (χ0n) is 12.7. The number of rotatable bonds is 5. The molecule has 2 rings (SSSR count). The second-order valence-electron chi connectivity index (χ2n) is 6.54. The van der Waals surface area contributed by atoms with Crippen molar-refractivity contribution in [3.63, 3.8) is 0 Å². The summed E-state index contributed by atoms with van der Waals surface area (Å²) in [7, 11) is 0. The van der Waals surface area contributed by atoms with Crippen molar-refractivity contribution in [3.8, 4) is 6.07 Å². The van der Waals surface area contributed by atoms with Gasteiger partial charge in [0, 0.05) is 25.7 Å². The second kappa shape index (κ2) is 6.45. The van der Waals surface area contributed by atoms with Gasteiger partial charge in [-0.1, -0.05) is 0 Å². The Morgan fingerprint density at radius 3 is 2.70 bits per heavy atom. The highest BCUT2D eigenvalue weighted by Crippen LogP contribution is 2.23. The highest BCUT2D eigenvalue weighted by molar-refractivity contribution is 5.76. The van der Waals surface area contributed by atoms with Crippen LogP contribution in [0.25, 0.3) is 0 Å². The van der Waals surface area contributed by atoms with E-state index >= 15 is 0 Å². The van der Waals surface area contributed by atoms with Gasteiger partial charge in [0.05, 0.1) is 11.5 Å². The maximum atomic E-state index is 12.4. The standard InChI is InChI=1S/C15H26N4O/c1-15(2,12-16)6-3-9-18-10-11-19(14(18)20)13-4-7-17-8-5-13/h13,17H,3-11H2,1-2H3. The Balaban J connectivity index is 1.78. The van der Waals surface area contributed by atoms with Crippen LogP contribution in [0.4, 0.5) is 4.79 Å². The molecule has 20 heavy (non-hydrogen) atoms. The van der Waals surface area contributed by atoms with Gasteiger partial charge in [-0.25, -0.2) is 4.79 Å². The van der Waals surface area contributed by atoms with Crippen molar-refractivity contribution in [1.29, 1.82) is 5.26 Å². The fourth-order valence-corrected chi connectivity index (χ4v) is 3.03. The largest absolute Gasteiger partial charge is 0.323 e. The molecule has 0 atom stereocenters. The van der Waals surface area contributed by atoms with Crippen LogP contribution in [0.3, 0.4) is 0 Å². The van der Waals surface area contributed by atoms with E-state index in [4.69, 9.17) is 5.26 Å². The van der Waals surface area contributed by atoms with E-state index in [1.165, 1.54) is 0 Å². The number of piperidine rings is 1. The van der Waals surface area contributed by atoms with E-state index in [1.807, 2.05) is 18.7 Å². The van der Waals surface area contributed by atoms with Crippen molar-refractivity contribution < 1.29 is 4.79 Å². The molecule has 0 aromatic heterocycles. The van der Waals surface area contributed by atoms with Gasteiger partial charge in [0.15, 0.2) is 0 Å². The molecule has 2 saturated heterocycles. The molecule has 2 aliphatic heterocycles. The topological polar surface area (TPSA) is 59.4 Å². The molecule has 2 amide bonds. The van der Waals surface area contributed by atoms with Crippen LogP contribution in [0.15, 0.2) is 0 Å². The Hall–Kier alpha value is -1.28. The molecule has 0 aromatic rings. The number of nitriles is 1. The van der Waals surface area contributed by atoms with Gasteiger partial charge in [0.25, 0.3) is 0 Å². The number of urea groups is 1. The molecule has 5 nitrogen and oxygen atoms in total. The Morgan fingerprint density at radius 2 is 2.05 bits per heavy atom. The molecule has 0 spiro atoms. The minimum Gasteiger partial charge on any atom is -0.323 e. The molecule has 2 fully saturated rings. The molecule has 5 heteroatoms. The molecule has 0 unspecified atom stereocenters. The van der Waals surface area contributed by atoms with Crippen LogP contribution in [0, 0.1) is 16.7 Å². The van der Waals surface area contributed by atoms with Crippen LogP contribution in [0.1, 0.15) is 39.5 Å². The molecule has 0 saturated carbocycles. The summed E-state index contributed by atoms with van der Waals surface area (Å²) in [5, 5.41) is 12.3. The van der Waals surface area contributed by atoms with Crippen LogP contribution in [-0.2, 0) is 0 Å². The zero-order chi connectivity index (χ0) is 14.6. The van der Waals surface area contributed by atoms with E-state index < -0.39 is 0 Å². The van der Waals surface area contributed by atoms with Crippen LogP contribution in [-0.4, -0.2) is 54.6 Å². The third-order valence-corrected chi connectivity index (χ3v) is 4.41. The van der Waals surface area contributed by atoms with Crippen LogP contribution >= 0.6 is 0 Å². The highest BCUT2D eigenvalue weighted by Gasteiger charge is 2.33. The number of nitrogens with one attached hydrogen (secondary N) is 1. The lowest BCUT2D eigenvalue weighted by Gasteiger charge is -2.31. The molecule has 112 valence electrons. The van der Waals surface area contributed by atoms with Crippen molar-refractivity contribution in [2.75, 3.05) is 32.7 Å². The average molecular weight is 278 g/mol. The summed E-state index contributed by atoms with van der Waals surface area (Å²) in [6, 6.07) is 2.94. The third kappa shape index (κ3) is 3.63. The Kier molecular flexibility index (Phi) is 4.87. The first-order valence-corrected chi connectivity index (χ1v) is 7.71. The van der Waals surface area contributed by atoms with E-state index in [-0.39, 0.29) is 11.4 Å². The van der Waals surface area contributed by atoms with Gasteiger partial charge in [-0.15, -0.1) is 0 Å². The monoisotopic (exact) mass is 278 g/mol. The van der Waals surface area contributed by atoms with Gasteiger partial charge in [-0.2, -0.15) is 5.26 Å². The third-order valence-electron chi connectivity index (χ3n) is 4.41. The Labute approximate surface area is 121 Å². The van der Waals surface area contributed by atoms with E-state index in [0.29, 0.717) is 6.04 Å². The van der Waals surface area contributed by atoms with Crippen molar-refractivity contribution in [1.82, 2.24) is 15.1 Å². The highest BCUT2D eigenvalue weighted by atomic mass is 16.2. The Morgan fingerprint density at radius 1 is 1.35 bits per heavy atom. The molecule has 0 radical (unpaired) electrons. The van der Waals surface area contributed by atoms with Crippen molar-refractivity contribution in [2.45, 2.75) is 45.6 Å². The summed E-state index contributed by atoms with van der Waals surface area (Å²) < 4.78 is 0. The molecule has 0 aliphatic carbocycles. The molecular formula is C15H26N4O. The molecule has 0 bridgehead atoms. The average Bonchev–Trinajstić information content (AvgIpc) is 2.81. The predicted octanol–water partition coefficient (Wildman–Crippen LogP) is 1.81. The quantitative estimate of drug-likeness (QED) is 0.834. The molecular weight excluding hydrogens is 252 g/mol. The number of hydrogen-bond donors (Lipinski definition) is 1. The lowest BCUT2D eigenvalue weighted by molar-refractivity contribution is 0.165. The summed E-state index contributed by atoms with van der Waals surface area (Å²) in [5.41, 5.74) is -0.280. The van der Waals surface area contributed by atoms with E-state index in [9.17, 15) is 4.79 Å². The summed E-state index contributed by atoms with van der Waals surface area (Å²) in [6.45, 7) is 8.45. The number of amides is 2. The minimum absolute atomic E-state index is 0.201. The summed E-state index contributed by atoms with van der Waals surface area (Å²) in [4.78, 5) is 16.4. The van der Waals surface area contributed by atoms with Crippen LogP contribution in [0.2, 0.25) is 0 Å². The number of hydrogen-bond acceptors (Lipinski definition) is 3. The van der Waals surface area contributed by atoms with E-state index in [1.54, 1.807) is 0 Å². The Bertz CT molecular complexity index is 382. The molecule has 2 heterocycles. The summed E-state index contributed by atoms with van der Waals surface area (Å²) in [6.07, 6.45) is 3.90. The number of carbonyl (C=O) groups excluding carboxylic acids is 1. The molecule has 0 aromatic carbocycles. The number of nitrogens with zero attached hydrogens (tertiary/aromatic N) is 3. The second-order valence-corrected chi connectivity index (χ2v) is 6.54. The molecule has 1 N–H and O–H groups in total. The number of carbonyl (C=O) groups is 1. The van der Waals surface area contributed by atoms with Crippen LogP contribution in [0.5, 0.6) is 0 Å². The van der Waals surface area contributed by atoms with Gasteiger partial charge >= 0.3 is 6.03 Å². The summed E-state index contributed by atoms with van der Waals surface area (Å²) in [5.74, 6) is 0.